The van der Waals surface area contributed by atoms with Gasteiger partial charge in [0, 0.05) is 25.0 Å². The molecular formula is C14H15FN4. The van der Waals surface area contributed by atoms with Gasteiger partial charge in [-0.15, -0.1) is 0 Å². The third kappa shape index (κ3) is 2.29. The molecule has 19 heavy (non-hydrogen) atoms. The van der Waals surface area contributed by atoms with Crippen molar-refractivity contribution in [1.82, 2.24) is 15.3 Å². The fourth-order valence-corrected chi connectivity index (χ4v) is 2.38. The van der Waals surface area contributed by atoms with Crippen LogP contribution < -0.4 is 10.2 Å². The molecule has 0 amide bonds. The number of nitrogens with one attached hydrogen (secondary N) is 1. The van der Waals surface area contributed by atoms with E-state index in [4.69, 9.17) is 0 Å². The molecule has 1 aromatic carbocycles. The minimum absolute atomic E-state index is 0.218. The molecule has 1 aliphatic rings. The van der Waals surface area contributed by atoms with E-state index in [1.165, 1.54) is 6.07 Å². The number of aromatic nitrogens is 2. The summed E-state index contributed by atoms with van der Waals surface area (Å²) in [5.41, 5.74) is 2.93. The maximum absolute atomic E-state index is 13.4. The Hall–Kier alpha value is -2.01. The summed E-state index contributed by atoms with van der Waals surface area (Å²) in [4.78, 5) is 10.8. The fourth-order valence-electron chi connectivity index (χ4n) is 2.38. The van der Waals surface area contributed by atoms with Crippen LogP contribution >= 0.6 is 0 Å². The minimum atomic E-state index is -0.218. The van der Waals surface area contributed by atoms with E-state index in [1.807, 2.05) is 18.0 Å². The number of nitrogens with zero attached hydrogens (tertiary/aromatic N) is 3. The van der Waals surface area contributed by atoms with Gasteiger partial charge in [0.15, 0.2) is 5.82 Å². The van der Waals surface area contributed by atoms with Crippen LogP contribution in [-0.2, 0) is 13.0 Å². The largest absolute Gasteiger partial charge is 0.324 e. The number of rotatable bonds is 3. The van der Waals surface area contributed by atoms with Crippen LogP contribution in [0, 0.1) is 5.82 Å². The molecule has 0 spiro atoms. The molecule has 98 valence electrons. The van der Waals surface area contributed by atoms with Crippen LogP contribution in [0.1, 0.15) is 11.3 Å². The number of halogens is 1. The van der Waals surface area contributed by atoms with Crippen molar-refractivity contribution < 1.29 is 4.39 Å². The summed E-state index contributed by atoms with van der Waals surface area (Å²) in [6, 6.07) is 4.91. The molecule has 0 saturated carbocycles. The van der Waals surface area contributed by atoms with E-state index in [9.17, 15) is 4.39 Å². The monoisotopic (exact) mass is 258 g/mol. The van der Waals surface area contributed by atoms with E-state index in [2.05, 4.69) is 15.3 Å². The van der Waals surface area contributed by atoms with Crippen LogP contribution in [0.3, 0.4) is 0 Å². The van der Waals surface area contributed by atoms with Gasteiger partial charge in [0.1, 0.15) is 5.82 Å². The second kappa shape index (κ2) is 4.93. The van der Waals surface area contributed by atoms with Gasteiger partial charge in [0.05, 0.1) is 11.9 Å². The highest BCUT2D eigenvalue weighted by atomic mass is 19.1. The van der Waals surface area contributed by atoms with Gasteiger partial charge < -0.3 is 10.2 Å². The van der Waals surface area contributed by atoms with Gasteiger partial charge in [-0.1, -0.05) is 6.07 Å². The molecule has 1 aromatic heterocycles. The van der Waals surface area contributed by atoms with Crippen molar-refractivity contribution >= 4 is 11.5 Å². The zero-order valence-electron chi connectivity index (χ0n) is 10.7. The van der Waals surface area contributed by atoms with E-state index in [0.717, 1.165) is 35.7 Å². The molecule has 1 aliphatic heterocycles. The number of hydrogen-bond donors (Lipinski definition) is 1. The Bertz CT molecular complexity index is 600. The Morgan fingerprint density at radius 2 is 2.26 bits per heavy atom. The lowest BCUT2D eigenvalue weighted by Crippen LogP contribution is -2.17. The predicted octanol–water partition coefficient (Wildman–Crippen LogP) is 2.03. The highest BCUT2D eigenvalue weighted by molar-refractivity contribution is 5.67. The topological polar surface area (TPSA) is 41.1 Å². The molecule has 4 nitrogen and oxygen atoms in total. The second-order valence-corrected chi connectivity index (χ2v) is 4.57. The Morgan fingerprint density at radius 1 is 1.37 bits per heavy atom. The first kappa shape index (κ1) is 12.0. The summed E-state index contributed by atoms with van der Waals surface area (Å²) >= 11 is 0. The van der Waals surface area contributed by atoms with Crippen molar-refractivity contribution in [3.05, 3.63) is 47.7 Å². The molecule has 2 heterocycles. The lowest BCUT2D eigenvalue weighted by molar-refractivity contribution is 0.628. The minimum Gasteiger partial charge on any atom is -0.324 e. The molecule has 5 heteroatoms. The first-order valence-corrected chi connectivity index (χ1v) is 6.29. The summed E-state index contributed by atoms with van der Waals surface area (Å²) in [6.45, 7) is 1.49. The molecule has 0 aliphatic carbocycles. The summed E-state index contributed by atoms with van der Waals surface area (Å²) in [6.07, 6.45) is 4.37. The lowest BCUT2D eigenvalue weighted by Gasteiger charge is -2.18. The van der Waals surface area contributed by atoms with Crippen LogP contribution in [0.2, 0.25) is 0 Å². The van der Waals surface area contributed by atoms with Crippen molar-refractivity contribution in [2.24, 2.45) is 0 Å². The number of hydrogen-bond acceptors (Lipinski definition) is 4. The standard InChI is InChI=1S/C14H15FN4/c1-16-7-12-8-17-9-14(18-12)19-5-4-10-2-3-11(15)6-13(10)19/h2-3,6,8-9,16H,4-5,7H2,1H3. The third-order valence-electron chi connectivity index (χ3n) is 3.25. The Kier molecular flexibility index (Phi) is 3.13. The molecule has 3 rings (SSSR count). The lowest BCUT2D eigenvalue weighted by atomic mass is 10.2. The first-order chi connectivity index (χ1) is 9.28. The van der Waals surface area contributed by atoms with Gasteiger partial charge >= 0.3 is 0 Å². The van der Waals surface area contributed by atoms with Crippen LogP contribution in [0.5, 0.6) is 0 Å². The molecule has 0 unspecified atom stereocenters. The summed E-state index contributed by atoms with van der Waals surface area (Å²) in [5, 5.41) is 3.05. The van der Waals surface area contributed by atoms with Crippen LogP contribution in [0.15, 0.2) is 30.6 Å². The van der Waals surface area contributed by atoms with E-state index < -0.39 is 0 Å². The van der Waals surface area contributed by atoms with E-state index in [0.29, 0.717) is 6.54 Å². The summed E-state index contributed by atoms with van der Waals surface area (Å²) < 4.78 is 13.4. The van der Waals surface area contributed by atoms with E-state index >= 15 is 0 Å². The van der Waals surface area contributed by atoms with Crippen LogP contribution in [0.25, 0.3) is 0 Å². The number of anilines is 2. The summed E-state index contributed by atoms with van der Waals surface area (Å²) in [5.74, 6) is 0.557. The highest BCUT2D eigenvalue weighted by Crippen LogP contribution is 2.33. The molecular weight excluding hydrogens is 243 g/mol. The van der Waals surface area contributed by atoms with Gasteiger partial charge in [-0.25, -0.2) is 9.37 Å². The Balaban J connectivity index is 1.96. The Morgan fingerprint density at radius 3 is 3.11 bits per heavy atom. The first-order valence-electron chi connectivity index (χ1n) is 6.29. The van der Waals surface area contributed by atoms with Gasteiger partial charge in [-0.3, -0.25) is 4.98 Å². The molecule has 0 fully saturated rings. The normalized spacial score (nSPS) is 13.7. The van der Waals surface area contributed by atoms with Crippen molar-refractivity contribution in [1.29, 1.82) is 0 Å². The van der Waals surface area contributed by atoms with Gasteiger partial charge in [0.2, 0.25) is 0 Å². The van der Waals surface area contributed by atoms with Crippen molar-refractivity contribution in [2.75, 3.05) is 18.5 Å². The smallest absolute Gasteiger partial charge is 0.151 e. The van der Waals surface area contributed by atoms with Crippen molar-refractivity contribution in [3.8, 4) is 0 Å². The van der Waals surface area contributed by atoms with Crippen LogP contribution in [0.4, 0.5) is 15.9 Å². The van der Waals surface area contributed by atoms with Crippen molar-refractivity contribution in [3.63, 3.8) is 0 Å². The summed E-state index contributed by atoms with van der Waals surface area (Å²) in [7, 11) is 1.87. The van der Waals surface area contributed by atoms with Gasteiger partial charge in [-0.05, 0) is 31.2 Å². The van der Waals surface area contributed by atoms with E-state index in [1.54, 1.807) is 18.5 Å². The van der Waals surface area contributed by atoms with Crippen molar-refractivity contribution in [2.45, 2.75) is 13.0 Å². The molecule has 0 bridgehead atoms. The molecule has 2 aromatic rings. The average Bonchev–Trinajstić information content (AvgIpc) is 2.82. The Labute approximate surface area is 111 Å². The molecule has 1 N–H and O–H groups in total. The average molecular weight is 258 g/mol. The SMILES string of the molecule is CNCc1cncc(N2CCc3ccc(F)cc32)n1. The van der Waals surface area contributed by atoms with E-state index in [-0.39, 0.29) is 5.82 Å². The predicted molar refractivity (Wildman–Crippen MR) is 71.9 cm³/mol. The quantitative estimate of drug-likeness (QED) is 0.914. The number of fused-ring (bicyclic) bond motifs is 1. The number of benzene rings is 1. The molecule has 0 saturated heterocycles. The maximum atomic E-state index is 13.4. The molecule has 0 atom stereocenters. The van der Waals surface area contributed by atoms with Gasteiger partial charge in [0.25, 0.3) is 0 Å². The zero-order chi connectivity index (χ0) is 13.2. The maximum Gasteiger partial charge on any atom is 0.151 e. The highest BCUT2D eigenvalue weighted by Gasteiger charge is 2.22. The van der Waals surface area contributed by atoms with Crippen LogP contribution in [-0.4, -0.2) is 23.6 Å². The fraction of sp³-hybridized carbons (Fsp3) is 0.286. The molecule has 0 radical (unpaired) electrons. The van der Waals surface area contributed by atoms with Gasteiger partial charge in [-0.2, -0.15) is 0 Å². The second-order valence-electron chi connectivity index (χ2n) is 4.57. The zero-order valence-corrected chi connectivity index (χ0v) is 10.7. The third-order valence-corrected chi connectivity index (χ3v) is 3.25.